The zero-order valence-electron chi connectivity index (χ0n) is 20.3. The van der Waals surface area contributed by atoms with Crippen LogP contribution in [-0.2, 0) is 19.3 Å². The molecule has 31 heavy (non-hydrogen) atoms. The van der Waals surface area contributed by atoms with Crippen LogP contribution in [0.25, 0.3) is 0 Å². The Bertz CT molecular complexity index is 522. The van der Waals surface area contributed by atoms with Crippen molar-refractivity contribution in [1.29, 1.82) is 0 Å². The highest BCUT2D eigenvalue weighted by molar-refractivity contribution is 7.80. The fraction of sp³-hybridized carbons (Fsp3) is 1.00. The zero-order chi connectivity index (χ0) is 22.8. The van der Waals surface area contributed by atoms with Crippen LogP contribution in [0.2, 0.25) is 0 Å². The predicted molar refractivity (Wildman–Crippen MR) is 128 cm³/mol. The standard InChI is InChI=1S/C24H49NO5S/c1-3-5-6-7-8-9-10-11-12-13-14-15-16-17-18-24(4-2,23-30-31(26,27)28)25-19-21-29-22-20-25/h3-23H2,1-2H3,(H,26,27,28). The van der Waals surface area contributed by atoms with Crippen LogP contribution < -0.4 is 0 Å². The van der Waals surface area contributed by atoms with E-state index in [0.29, 0.717) is 13.2 Å². The lowest BCUT2D eigenvalue weighted by Gasteiger charge is -2.45. The molecule has 0 radical (unpaired) electrons. The second-order valence-corrected chi connectivity index (χ2v) is 10.3. The molecule has 1 saturated heterocycles. The molecule has 0 amide bonds. The Hall–Kier alpha value is -0.210. The molecular formula is C24H49NO5S. The number of ether oxygens (including phenoxy) is 1. The van der Waals surface area contributed by atoms with Gasteiger partial charge in [0.05, 0.1) is 19.8 Å². The van der Waals surface area contributed by atoms with Crippen molar-refractivity contribution < 1.29 is 21.9 Å². The molecule has 0 bridgehead atoms. The molecule has 1 fully saturated rings. The Morgan fingerprint density at radius 3 is 1.68 bits per heavy atom. The second kappa shape index (κ2) is 17.3. The lowest BCUT2D eigenvalue weighted by atomic mass is 9.87. The number of unbranched alkanes of at least 4 members (excludes halogenated alkanes) is 13. The van der Waals surface area contributed by atoms with E-state index in [1.54, 1.807) is 0 Å². The van der Waals surface area contributed by atoms with Crippen molar-refractivity contribution in [3.8, 4) is 0 Å². The maximum Gasteiger partial charge on any atom is 0.397 e. The Morgan fingerprint density at radius 1 is 0.806 bits per heavy atom. The summed E-state index contributed by atoms with van der Waals surface area (Å²) >= 11 is 0. The van der Waals surface area contributed by atoms with Crippen molar-refractivity contribution in [1.82, 2.24) is 4.90 Å². The van der Waals surface area contributed by atoms with Crippen molar-refractivity contribution in [2.45, 2.75) is 122 Å². The van der Waals surface area contributed by atoms with Gasteiger partial charge in [0.1, 0.15) is 0 Å². The zero-order valence-corrected chi connectivity index (χ0v) is 21.1. The van der Waals surface area contributed by atoms with Gasteiger partial charge in [-0.2, -0.15) is 8.42 Å². The predicted octanol–water partition coefficient (Wildman–Crippen LogP) is 6.16. The summed E-state index contributed by atoms with van der Waals surface area (Å²) in [6.07, 6.45) is 20.2. The van der Waals surface area contributed by atoms with Gasteiger partial charge in [0.25, 0.3) is 0 Å². The summed E-state index contributed by atoms with van der Waals surface area (Å²) in [5, 5.41) is 0. The smallest absolute Gasteiger partial charge is 0.379 e. The van der Waals surface area contributed by atoms with Gasteiger partial charge in [0.15, 0.2) is 0 Å². The van der Waals surface area contributed by atoms with Crippen molar-refractivity contribution in [3.05, 3.63) is 0 Å². The Kier molecular flexibility index (Phi) is 16.1. The molecule has 1 atom stereocenters. The average Bonchev–Trinajstić information content (AvgIpc) is 2.76. The lowest BCUT2D eigenvalue weighted by Crippen LogP contribution is -2.56. The van der Waals surface area contributed by atoms with Crippen LogP contribution in [0.15, 0.2) is 0 Å². The van der Waals surface area contributed by atoms with E-state index in [2.05, 4.69) is 18.7 Å². The molecule has 1 aliphatic heterocycles. The molecule has 186 valence electrons. The quantitative estimate of drug-likeness (QED) is 0.172. The van der Waals surface area contributed by atoms with Gasteiger partial charge < -0.3 is 4.74 Å². The van der Waals surface area contributed by atoms with Crippen LogP contribution in [0, 0.1) is 0 Å². The number of hydrogen-bond donors (Lipinski definition) is 1. The van der Waals surface area contributed by atoms with Gasteiger partial charge in [-0.05, 0) is 12.8 Å². The van der Waals surface area contributed by atoms with E-state index >= 15 is 0 Å². The molecule has 1 aliphatic rings. The fourth-order valence-electron chi connectivity index (χ4n) is 4.69. The molecule has 0 aliphatic carbocycles. The van der Waals surface area contributed by atoms with Gasteiger partial charge in [-0.25, -0.2) is 4.18 Å². The third kappa shape index (κ3) is 13.8. The summed E-state index contributed by atoms with van der Waals surface area (Å²) in [4.78, 5) is 2.30. The molecule has 0 aromatic carbocycles. The molecule has 0 aromatic rings. The normalized spacial score (nSPS) is 17.6. The number of hydrogen-bond acceptors (Lipinski definition) is 5. The first kappa shape index (κ1) is 28.8. The molecule has 7 heteroatoms. The van der Waals surface area contributed by atoms with Crippen molar-refractivity contribution in [2.24, 2.45) is 0 Å². The summed E-state index contributed by atoms with van der Waals surface area (Å²) in [6, 6.07) is 0. The van der Waals surface area contributed by atoms with Gasteiger partial charge >= 0.3 is 10.4 Å². The second-order valence-electron chi connectivity index (χ2n) is 9.21. The summed E-state index contributed by atoms with van der Waals surface area (Å²) < 4.78 is 41.7. The molecule has 1 rings (SSSR count). The van der Waals surface area contributed by atoms with E-state index < -0.39 is 10.4 Å². The van der Waals surface area contributed by atoms with E-state index in [1.807, 2.05) is 0 Å². The topological polar surface area (TPSA) is 76.1 Å². The SMILES string of the molecule is CCCCCCCCCCCCCCCCC(CC)(COS(=O)(=O)O)N1CCOCC1. The lowest BCUT2D eigenvalue weighted by molar-refractivity contribution is -0.0467. The third-order valence-electron chi connectivity index (χ3n) is 6.81. The van der Waals surface area contributed by atoms with Gasteiger partial charge in [-0.15, -0.1) is 0 Å². The Morgan fingerprint density at radius 2 is 1.26 bits per heavy atom. The molecule has 0 saturated carbocycles. The number of rotatable bonds is 20. The minimum atomic E-state index is -4.42. The monoisotopic (exact) mass is 463 g/mol. The molecule has 6 nitrogen and oxygen atoms in total. The minimum absolute atomic E-state index is 0.0147. The maximum absolute atomic E-state index is 11.2. The third-order valence-corrected chi connectivity index (χ3v) is 7.23. The molecular weight excluding hydrogens is 414 g/mol. The highest BCUT2D eigenvalue weighted by Gasteiger charge is 2.37. The first-order chi connectivity index (χ1) is 14.9. The molecule has 1 unspecified atom stereocenters. The summed E-state index contributed by atoms with van der Waals surface area (Å²) in [6.45, 7) is 7.23. The molecule has 0 aromatic heterocycles. The van der Waals surface area contributed by atoms with Gasteiger partial charge in [-0.3, -0.25) is 9.45 Å². The van der Waals surface area contributed by atoms with Crippen molar-refractivity contribution >= 4 is 10.4 Å². The summed E-state index contributed by atoms with van der Waals surface area (Å²) in [7, 11) is -4.42. The number of nitrogens with zero attached hydrogens (tertiary/aromatic N) is 1. The first-order valence-electron chi connectivity index (χ1n) is 12.9. The summed E-state index contributed by atoms with van der Waals surface area (Å²) in [5.74, 6) is 0. The van der Waals surface area contributed by atoms with Crippen molar-refractivity contribution in [3.63, 3.8) is 0 Å². The van der Waals surface area contributed by atoms with Crippen LogP contribution in [0.4, 0.5) is 0 Å². The largest absolute Gasteiger partial charge is 0.397 e. The molecule has 0 spiro atoms. The summed E-state index contributed by atoms with van der Waals surface area (Å²) in [5.41, 5.74) is -0.350. The maximum atomic E-state index is 11.2. The molecule has 1 N–H and O–H groups in total. The van der Waals surface area contributed by atoms with Crippen LogP contribution in [0.5, 0.6) is 0 Å². The average molecular weight is 464 g/mol. The van der Waals surface area contributed by atoms with E-state index in [9.17, 15) is 8.42 Å². The van der Waals surface area contributed by atoms with Gasteiger partial charge in [0.2, 0.25) is 0 Å². The fourth-order valence-corrected chi connectivity index (χ4v) is 5.06. The Balaban J connectivity index is 2.19. The number of morpholine rings is 1. The van der Waals surface area contributed by atoms with Crippen LogP contribution >= 0.6 is 0 Å². The van der Waals surface area contributed by atoms with Gasteiger partial charge in [0, 0.05) is 18.6 Å². The highest BCUT2D eigenvalue weighted by Crippen LogP contribution is 2.29. The van der Waals surface area contributed by atoms with Crippen LogP contribution in [-0.4, -0.2) is 56.3 Å². The van der Waals surface area contributed by atoms with Crippen LogP contribution in [0.3, 0.4) is 0 Å². The minimum Gasteiger partial charge on any atom is -0.379 e. The van der Waals surface area contributed by atoms with E-state index in [4.69, 9.17) is 13.5 Å². The van der Waals surface area contributed by atoms with Crippen LogP contribution in [0.1, 0.15) is 117 Å². The van der Waals surface area contributed by atoms with Crippen molar-refractivity contribution in [2.75, 3.05) is 32.9 Å². The van der Waals surface area contributed by atoms with Gasteiger partial charge in [-0.1, -0.05) is 104 Å². The van der Waals surface area contributed by atoms with E-state index in [1.165, 1.54) is 77.0 Å². The Labute approximate surface area is 192 Å². The highest BCUT2D eigenvalue weighted by atomic mass is 32.3. The van der Waals surface area contributed by atoms with E-state index in [-0.39, 0.29) is 12.1 Å². The molecule has 1 heterocycles. The first-order valence-corrected chi connectivity index (χ1v) is 14.2. The van der Waals surface area contributed by atoms with E-state index in [0.717, 1.165) is 38.8 Å².